The van der Waals surface area contributed by atoms with E-state index in [4.69, 9.17) is 0 Å². The minimum atomic E-state index is -0.524. The topological polar surface area (TPSA) is 75.2 Å². The van der Waals surface area contributed by atoms with Gasteiger partial charge in [-0.1, -0.05) is 42.5 Å². The molecule has 0 bridgehead atoms. The standard InChI is InChI=1S/C23H19FN4O2S/c1-14-12-15(2)26-23(25-14)31-20-19(27-18-11-7-6-10-17(18)24)21(29)28(22(20)30)13-16-8-4-3-5-9-16/h3-12,27H,13H2,1-2H3. The average molecular weight is 434 g/mol. The molecule has 0 aliphatic carbocycles. The highest BCUT2D eigenvalue weighted by molar-refractivity contribution is 8.04. The number of nitrogens with one attached hydrogen (secondary N) is 1. The molecule has 6 nitrogen and oxygen atoms in total. The third-order valence-electron chi connectivity index (χ3n) is 4.60. The molecule has 2 heterocycles. The Morgan fingerprint density at radius 3 is 2.26 bits per heavy atom. The van der Waals surface area contributed by atoms with Crippen LogP contribution in [0.15, 0.2) is 76.4 Å². The maximum atomic E-state index is 14.2. The molecule has 1 N–H and O–H groups in total. The fourth-order valence-corrected chi connectivity index (χ4v) is 4.20. The maximum Gasteiger partial charge on any atom is 0.278 e. The molecule has 1 aliphatic rings. The Kier molecular flexibility index (Phi) is 5.81. The lowest BCUT2D eigenvalue weighted by Gasteiger charge is -2.15. The first kappa shape index (κ1) is 20.7. The van der Waals surface area contributed by atoms with Crippen molar-refractivity contribution in [3.63, 3.8) is 0 Å². The Morgan fingerprint density at radius 2 is 1.58 bits per heavy atom. The summed E-state index contributed by atoms with van der Waals surface area (Å²) in [5.41, 5.74) is 2.43. The smallest absolute Gasteiger partial charge is 0.278 e. The molecule has 8 heteroatoms. The Labute approximate surface area is 183 Å². The second-order valence-electron chi connectivity index (χ2n) is 7.03. The molecular formula is C23H19FN4O2S. The van der Waals surface area contributed by atoms with E-state index in [2.05, 4.69) is 15.3 Å². The molecule has 1 aliphatic heterocycles. The molecule has 156 valence electrons. The van der Waals surface area contributed by atoms with Crippen molar-refractivity contribution in [2.24, 2.45) is 0 Å². The molecule has 0 fully saturated rings. The van der Waals surface area contributed by atoms with Crippen LogP contribution < -0.4 is 5.32 Å². The summed E-state index contributed by atoms with van der Waals surface area (Å²) in [6.07, 6.45) is 0. The lowest BCUT2D eigenvalue weighted by Crippen LogP contribution is -2.32. The van der Waals surface area contributed by atoms with E-state index in [1.165, 1.54) is 12.1 Å². The number of amides is 2. The van der Waals surface area contributed by atoms with Crippen molar-refractivity contribution in [1.29, 1.82) is 0 Å². The van der Waals surface area contributed by atoms with E-state index in [0.717, 1.165) is 33.6 Å². The van der Waals surface area contributed by atoms with Gasteiger partial charge in [0.25, 0.3) is 11.8 Å². The molecule has 2 aromatic carbocycles. The molecule has 2 amide bonds. The number of halogens is 1. The van der Waals surface area contributed by atoms with Gasteiger partial charge in [-0.2, -0.15) is 0 Å². The molecule has 3 aromatic rings. The van der Waals surface area contributed by atoms with E-state index in [1.54, 1.807) is 12.1 Å². The van der Waals surface area contributed by atoms with Gasteiger partial charge in [-0.3, -0.25) is 14.5 Å². The first-order valence-electron chi connectivity index (χ1n) is 9.58. The summed E-state index contributed by atoms with van der Waals surface area (Å²) in [5.74, 6) is -1.52. The number of imide groups is 1. The summed E-state index contributed by atoms with van der Waals surface area (Å²) < 4.78 is 14.2. The van der Waals surface area contributed by atoms with Gasteiger partial charge in [0.1, 0.15) is 16.4 Å². The average Bonchev–Trinajstić information content (AvgIpc) is 2.94. The lowest BCUT2D eigenvalue weighted by atomic mass is 10.2. The van der Waals surface area contributed by atoms with Crippen LogP contribution in [0.2, 0.25) is 0 Å². The zero-order valence-corrected chi connectivity index (χ0v) is 17.7. The number of carbonyl (C=O) groups is 2. The van der Waals surface area contributed by atoms with Crippen LogP contribution in [0, 0.1) is 19.7 Å². The number of para-hydroxylation sites is 1. The highest BCUT2D eigenvalue weighted by atomic mass is 32.2. The summed E-state index contributed by atoms with van der Waals surface area (Å²) in [4.78, 5) is 36.4. The van der Waals surface area contributed by atoms with Crippen LogP contribution in [0.4, 0.5) is 10.1 Å². The van der Waals surface area contributed by atoms with E-state index >= 15 is 0 Å². The van der Waals surface area contributed by atoms with E-state index in [-0.39, 0.29) is 22.8 Å². The molecule has 0 atom stereocenters. The molecule has 1 aromatic heterocycles. The van der Waals surface area contributed by atoms with E-state index in [1.807, 2.05) is 50.2 Å². The number of thioether (sulfide) groups is 1. The van der Waals surface area contributed by atoms with Crippen molar-refractivity contribution in [2.75, 3.05) is 5.32 Å². The predicted molar refractivity (Wildman–Crippen MR) is 116 cm³/mol. The Balaban J connectivity index is 1.72. The second kappa shape index (κ2) is 8.69. The number of benzene rings is 2. The molecule has 31 heavy (non-hydrogen) atoms. The number of nitrogens with zero attached hydrogens (tertiary/aromatic N) is 3. The van der Waals surface area contributed by atoms with Gasteiger partial charge in [-0.05, 0) is 49.4 Å². The predicted octanol–water partition coefficient (Wildman–Crippen LogP) is 4.22. The Morgan fingerprint density at radius 1 is 0.935 bits per heavy atom. The zero-order chi connectivity index (χ0) is 22.0. The fraction of sp³-hybridized carbons (Fsp3) is 0.130. The van der Waals surface area contributed by atoms with Gasteiger partial charge in [0.2, 0.25) is 0 Å². The van der Waals surface area contributed by atoms with Crippen LogP contribution in [0.1, 0.15) is 17.0 Å². The Hall–Kier alpha value is -3.52. The van der Waals surface area contributed by atoms with Gasteiger partial charge >= 0.3 is 0 Å². The molecule has 0 spiro atoms. The lowest BCUT2D eigenvalue weighted by molar-refractivity contribution is -0.137. The number of aromatic nitrogens is 2. The number of carbonyl (C=O) groups excluding carboxylic acids is 2. The van der Waals surface area contributed by atoms with E-state index < -0.39 is 17.6 Å². The number of hydrogen-bond acceptors (Lipinski definition) is 6. The first-order chi connectivity index (χ1) is 14.9. The molecular weight excluding hydrogens is 415 g/mol. The fourth-order valence-electron chi connectivity index (χ4n) is 3.20. The van der Waals surface area contributed by atoms with E-state index in [9.17, 15) is 14.0 Å². The largest absolute Gasteiger partial charge is 0.348 e. The number of hydrogen-bond donors (Lipinski definition) is 1. The van der Waals surface area contributed by atoms with Gasteiger partial charge in [0.05, 0.1) is 12.2 Å². The summed E-state index contributed by atoms with van der Waals surface area (Å²) in [6, 6.07) is 17.0. The van der Waals surface area contributed by atoms with Crippen molar-refractivity contribution in [3.8, 4) is 0 Å². The number of rotatable bonds is 6. The molecule has 0 saturated carbocycles. The minimum absolute atomic E-state index is 0.0128. The van der Waals surface area contributed by atoms with Crippen molar-refractivity contribution in [3.05, 3.63) is 94.0 Å². The Bertz CT molecular complexity index is 1180. The number of aryl methyl sites for hydroxylation is 2. The maximum absolute atomic E-state index is 14.2. The molecule has 4 rings (SSSR count). The van der Waals surface area contributed by atoms with Gasteiger partial charge < -0.3 is 5.32 Å². The van der Waals surface area contributed by atoms with Crippen LogP contribution in [0.5, 0.6) is 0 Å². The summed E-state index contributed by atoms with van der Waals surface area (Å²) in [6.45, 7) is 3.77. The van der Waals surface area contributed by atoms with Crippen LogP contribution in [0.3, 0.4) is 0 Å². The number of anilines is 1. The van der Waals surface area contributed by atoms with Gasteiger partial charge in [0, 0.05) is 11.4 Å². The quantitative estimate of drug-likeness (QED) is 0.463. The van der Waals surface area contributed by atoms with Gasteiger partial charge in [-0.25, -0.2) is 14.4 Å². The van der Waals surface area contributed by atoms with E-state index in [0.29, 0.717) is 5.16 Å². The highest BCUT2D eigenvalue weighted by Crippen LogP contribution is 2.35. The monoisotopic (exact) mass is 434 g/mol. The minimum Gasteiger partial charge on any atom is -0.348 e. The summed E-state index contributed by atoms with van der Waals surface area (Å²) >= 11 is 0.999. The summed E-state index contributed by atoms with van der Waals surface area (Å²) in [7, 11) is 0. The summed E-state index contributed by atoms with van der Waals surface area (Å²) in [5, 5.41) is 3.17. The third kappa shape index (κ3) is 4.49. The molecule has 0 radical (unpaired) electrons. The van der Waals surface area contributed by atoms with Crippen molar-refractivity contribution < 1.29 is 14.0 Å². The van der Waals surface area contributed by atoms with Crippen LogP contribution in [-0.2, 0) is 16.1 Å². The second-order valence-corrected chi connectivity index (χ2v) is 8.00. The van der Waals surface area contributed by atoms with Gasteiger partial charge in [0.15, 0.2) is 5.16 Å². The van der Waals surface area contributed by atoms with Crippen LogP contribution >= 0.6 is 11.8 Å². The molecule has 0 saturated heterocycles. The van der Waals surface area contributed by atoms with Crippen LogP contribution in [0.25, 0.3) is 0 Å². The van der Waals surface area contributed by atoms with Crippen LogP contribution in [-0.4, -0.2) is 26.7 Å². The SMILES string of the molecule is Cc1cc(C)nc(SC2=C(Nc3ccccc3F)C(=O)N(Cc3ccccc3)C2=O)n1. The van der Waals surface area contributed by atoms with Crippen molar-refractivity contribution in [1.82, 2.24) is 14.9 Å². The van der Waals surface area contributed by atoms with Crippen molar-refractivity contribution >= 4 is 29.3 Å². The molecule has 0 unspecified atom stereocenters. The highest BCUT2D eigenvalue weighted by Gasteiger charge is 2.40. The zero-order valence-electron chi connectivity index (χ0n) is 16.9. The van der Waals surface area contributed by atoms with Gasteiger partial charge in [-0.15, -0.1) is 0 Å². The third-order valence-corrected chi connectivity index (χ3v) is 5.55. The normalized spacial score (nSPS) is 13.8. The van der Waals surface area contributed by atoms with Crippen molar-refractivity contribution in [2.45, 2.75) is 25.5 Å². The first-order valence-corrected chi connectivity index (χ1v) is 10.4.